The molecule has 10 heteroatoms. The van der Waals surface area contributed by atoms with Crippen LogP contribution >= 0.6 is 24.0 Å². The lowest BCUT2D eigenvalue weighted by molar-refractivity contribution is 0.254. The highest BCUT2D eigenvalue weighted by Gasteiger charge is 2.28. The van der Waals surface area contributed by atoms with E-state index in [-0.39, 0.29) is 47.3 Å². The zero-order valence-corrected chi connectivity index (χ0v) is 20.0. The Morgan fingerprint density at radius 2 is 1.97 bits per heavy atom. The Balaban J connectivity index is 0.00000300. The van der Waals surface area contributed by atoms with Gasteiger partial charge in [-0.15, -0.1) is 24.0 Å². The van der Waals surface area contributed by atoms with Crippen LogP contribution in [0, 0.1) is 5.82 Å². The van der Waals surface area contributed by atoms with E-state index in [0.717, 1.165) is 45.7 Å². The van der Waals surface area contributed by atoms with Crippen molar-refractivity contribution in [1.82, 2.24) is 15.5 Å². The molecule has 7 nitrogen and oxygen atoms in total. The lowest BCUT2D eigenvalue weighted by Crippen LogP contribution is -2.48. The number of rotatable bonds is 6. The molecule has 1 atom stereocenters. The number of piperazine rings is 1. The van der Waals surface area contributed by atoms with Gasteiger partial charge in [-0.1, -0.05) is 12.1 Å². The fourth-order valence-corrected chi connectivity index (χ4v) is 5.40. The van der Waals surface area contributed by atoms with E-state index >= 15 is 0 Å². The van der Waals surface area contributed by atoms with Crippen LogP contribution in [0.15, 0.2) is 29.3 Å². The van der Waals surface area contributed by atoms with Crippen molar-refractivity contribution in [2.45, 2.75) is 18.9 Å². The van der Waals surface area contributed by atoms with Gasteiger partial charge in [0.1, 0.15) is 5.82 Å². The molecule has 2 heterocycles. The second kappa shape index (κ2) is 11.3. The molecule has 1 aromatic carbocycles. The Labute approximate surface area is 190 Å². The Morgan fingerprint density at radius 1 is 1.24 bits per heavy atom. The summed E-state index contributed by atoms with van der Waals surface area (Å²) in [5, 5.41) is 6.46. The normalized spacial score (nSPS) is 22.2. The molecule has 2 N–H and O–H groups in total. The predicted molar refractivity (Wildman–Crippen MR) is 127 cm³/mol. The SMILES string of the molecule is CN=C(NCCCN1CCN(c2ccccc2F)CC1)NC1CCS(=O)(=O)C1.I. The number of sulfone groups is 1. The highest BCUT2D eigenvalue weighted by Crippen LogP contribution is 2.20. The van der Waals surface area contributed by atoms with Crippen molar-refractivity contribution in [2.24, 2.45) is 4.99 Å². The maximum Gasteiger partial charge on any atom is 0.191 e. The van der Waals surface area contributed by atoms with Gasteiger partial charge in [0, 0.05) is 45.8 Å². The van der Waals surface area contributed by atoms with Crippen LogP contribution in [0.1, 0.15) is 12.8 Å². The molecular weight excluding hydrogens is 508 g/mol. The van der Waals surface area contributed by atoms with E-state index in [0.29, 0.717) is 18.1 Å². The van der Waals surface area contributed by atoms with Crippen LogP contribution < -0.4 is 15.5 Å². The van der Waals surface area contributed by atoms with Gasteiger partial charge in [0.15, 0.2) is 15.8 Å². The number of halogens is 2. The molecule has 0 amide bonds. The average Bonchev–Trinajstić information content (AvgIpc) is 3.03. The number of nitrogens with zero attached hydrogens (tertiary/aromatic N) is 3. The first kappa shape index (κ1) is 24.1. The number of benzene rings is 1. The third-order valence-electron chi connectivity index (χ3n) is 5.31. The summed E-state index contributed by atoms with van der Waals surface area (Å²) in [6, 6.07) is 6.88. The Hall–Kier alpha value is -1.14. The molecule has 3 rings (SSSR count). The number of para-hydroxylation sites is 1. The molecule has 2 fully saturated rings. The van der Waals surface area contributed by atoms with Gasteiger partial charge in [-0.2, -0.15) is 0 Å². The molecule has 29 heavy (non-hydrogen) atoms. The molecule has 2 saturated heterocycles. The molecule has 2 aliphatic heterocycles. The number of guanidine groups is 1. The van der Waals surface area contributed by atoms with Crippen LogP contribution in [0.2, 0.25) is 0 Å². The molecule has 0 saturated carbocycles. The predicted octanol–water partition coefficient (Wildman–Crippen LogP) is 1.31. The number of nitrogens with one attached hydrogen (secondary N) is 2. The number of hydrogen-bond donors (Lipinski definition) is 2. The van der Waals surface area contributed by atoms with Crippen LogP contribution in [0.25, 0.3) is 0 Å². The number of hydrogen-bond acceptors (Lipinski definition) is 5. The quantitative estimate of drug-likeness (QED) is 0.246. The largest absolute Gasteiger partial charge is 0.367 e. The van der Waals surface area contributed by atoms with E-state index < -0.39 is 9.84 Å². The first-order valence-corrected chi connectivity index (χ1v) is 11.7. The highest BCUT2D eigenvalue weighted by molar-refractivity contribution is 14.0. The van der Waals surface area contributed by atoms with E-state index in [2.05, 4.69) is 25.4 Å². The summed E-state index contributed by atoms with van der Waals surface area (Å²) in [6.07, 6.45) is 1.60. The molecule has 1 unspecified atom stereocenters. The minimum atomic E-state index is -2.90. The van der Waals surface area contributed by atoms with Crippen LogP contribution in [0.4, 0.5) is 10.1 Å². The second-order valence-electron chi connectivity index (χ2n) is 7.38. The van der Waals surface area contributed by atoms with Crippen LogP contribution in [-0.4, -0.2) is 83.1 Å². The third kappa shape index (κ3) is 7.25. The van der Waals surface area contributed by atoms with Crippen LogP contribution in [0.3, 0.4) is 0 Å². The monoisotopic (exact) mass is 539 g/mol. The summed E-state index contributed by atoms with van der Waals surface area (Å²) in [6.45, 7) is 5.23. The molecule has 164 valence electrons. The smallest absolute Gasteiger partial charge is 0.191 e. The summed E-state index contributed by atoms with van der Waals surface area (Å²) >= 11 is 0. The Kier molecular flexibility index (Phi) is 9.41. The fraction of sp³-hybridized carbons (Fsp3) is 0.632. The van der Waals surface area contributed by atoms with Gasteiger partial charge >= 0.3 is 0 Å². The molecule has 0 bridgehead atoms. The van der Waals surface area contributed by atoms with E-state index in [4.69, 9.17) is 0 Å². The van der Waals surface area contributed by atoms with Gasteiger partial charge in [-0.3, -0.25) is 9.89 Å². The minimum absolute atomic E-state index is 0. The van der Waals surface area contributed by atoms with Crippen molar-refractivity contribution in [1.29, 1.82) is 0 Å². The van der Waals surface area contributed by atoms with E-state index in [1.165, 1.54) is 6.07 Å². The molecule has 0 aliphatic carbocycles. The summed E-state index contributed by atoms with van der Waals surface area (Å²) in [5.74, 6) is 0.932. The zero-order chi connectivity index (χ0) is 20.0. The maximum atomic E-state index is 13.9. The number of aliphatic imine (C=N–C) groups is 1. The molecular formula is C19H31FIN5O2S. The van der Waals surface area contributed by atoms with Crippen molar-refractivity contribution in [3.05, 3.63) is 30.1 Å². The van der Waals surface area contributed by atoms with Gasteiger partial charge in [0.25, 0.3) is 0 Å². The topological polar surface area (TPSA) is 77.0 Å². The average molecular weight is 539 g/mol. The maximum absolute atomic E-state index is 13.9. The summed E-state index contributed by atoms with van der Waals surface area (Å²) < 4.78 is 37.0. The van der Waals surface area contributed by atoms with Gasteiger partial charge in [-0.25, -0.2) is 12.8 Å². The van der Waals surface area contributed by atoms with Gasteiger partial charge in [-0.05, 0) is 31.5 Å². The molecule has 0 radical (unpaired) electrons. The lowest BCUT2D eigenvalue weighted by Gasteiger charge is -2.36. The van der Waals surface area contributed by atoms with Gasteiger partial charge < -0.3 is 15.5 Å². The summed E-state index contributed by atoms with van der Waals surface area (Å²) in [7, 11) is -1.20. The van der Waals surface area contributed by atoms with E-state index in [1.54, 1.807) is 13.1 Å². The molecule has 0 spiro atoms. The summed E-state index contributed by atoms with van der Waals surface area (Å²) in [5.41, 5.74) is 0.688. The van der Waals surface area contributed by atoms with Crippen LogP contribution in [0.5, 0.6) is 0 Å². The molecule has 2 aliphatic rings. The Morgan fingerprint density at radius 3 is 2.59 bits per heavy atom. The van der Waals surface area contributed by atoms with E-state index in [9.17, 15) is 12.8 Å². The van der Waals surface area contributed by atoms with Crippen molar-refractivity contribution >= 4 is 45.5 Å². The van der Waals surface area contributed by atoms with Crippen molar-refractivity contribution in [2.75, 3.05) is 62.7 Å². The first-order chi connectivity index (χ1) is 13.5. The van der Waals surface area contributed by atoms with Crippen molar-refractivity contribution in [3.8, 4) is 0 Å². The van der Waals surface area contributed by atoms with Crippen LogP contribution in [-0.2, 0) is 9.84 Å². The first-order valence-electron chi connectivity index (χ1n) is 9.86. The molecule has 1 aromatic rings. The fourth-order valence-electron chi connectivity index (χ4n) is 3.73. The standard InChI is InChI=1S/C19H30FN5O2S.HI/c1-21-19(23-16-7-14-28(26,27)15-16)22-8-4-9-24-10-12-25(13-11-24)18-6-3-2-5-17(18)20;/h2-3,5-6,16H,4,7-15H2,1H3,(H2,21,22,23);1H. The van der Waals surface area contributed by atoms with Gasteiger partial charge in [0.05, 0.1) is 17.2 Å². The van der Waals surface area contributed by atoms with Crippen molar-refractivity contribution in [3.63, 3.8) is 0 Å². The summed E-state index contributed by atoms with van der Waals surface area (Å²) in [4.78, 5) is 8.67. The van der Waals surface area contributed by atoms with Gasteiger partial charge in [0.2, 0.25) is 0 Å². The minimum Gasteiger partial charge on any atom is -0.367 e. The lowest BCUT2D eigenvalue weighted by atomic mass is 10.2. The highest BCUT2D eigenvalue weighted by atomic mass is 127. The third-order valence-corrected chi connectivity index (χ3v) is 7.07. The zero-order valence-electron chi connectivity index (χ0n) is 16.8. The second-order valence-corrected chi connectivity index (χ2v) is 9.61. The Bertz CT molecular complexity index is 785. The number of anilines is 1. The van der Waals surface area contributed by atoms with E-state index in [1.807, 2.05) is 12.1 Å². The molecule has 0 aromatic heterocycles. The van der Waals surface area contributed by atoms with Crippen molar-refractivity contribution < 1.29 is 12.8 Å².